The topological polar surface area (TPSA) is 81.8 Å². The van der Waals surface area contributed by atoms with Crippen LogP contribution in [0.4, 0.5) is 10.5 Å². The standard InChI is InChI=1S/C20H28N4O3/c1-15(25)16-6-8-18(9-7-16)24-12-10-23(11-13-24)14-19(26)22-20(27)21-17-4-2-3-5-17/h6-9,17H,2-5,10-14H2,1H3,(H2,21,22,26,27). The third-order valence-electron chi connectivity index (χ3n) is 5.32. The minimum Gasteiger partial charge on any atom is -0.369 e. The van der Waals surface area contributed by atoms with Crippen molar-refractivity contribution in [2.45, 2.75) is 38.6 Å². The van der Waals surface area contributed by atoms with Crippen LogP contribution in [-0.4, -0.2) is 61.4 Å². The maximum atomic E-state index is 12.1. The Morgan fingerprint density at radius 2 is 1.63 bits per heavy atom. The summed E-state index contributed by atoms with van der Waals surface area (Å²) in [6, 6.07) is 7.45. The summed E-state index contributed by atoms with van der Waals surface area (Å²) in [5.74, 6) is -0.195. The predicted octanol–water partition coefficient (Wildman–Crippen LogP) is 1.78. The van der Waals surface area contributed by atoms with Crippen LogP contribution in [0.1, 0.15) is 43.0 Å². The highest BCUT2D eigenvalue weighted by molar-refractivity contribution is 5.95. The molecule has 2 fully saturated rings. The second-order valence-electron chi connectivity index (χ2n) is 7.37. The minimum atomic E-state index is -0.379. The van der Waals surface area contributed by atoms with Crippen molar-refractivity contribution in [2.75, 3.05) is 37.6 Å². The summed E-state index contributed by atoms with van der Waals surface area (Å²) in [4.78, 5) is 39.6. The lowest BCUT2D eigenvalue weighted by Crippen LogP contribution is -2.51. The van der Waals surface area contributed by atoms with Crippen LogP contribution in [0.2, 0.25) is 0 Å². The van der Waals surface area contributed by atoms with E-state index in [2.05, 4.69) is 20.4 Å². The molecule has 0 atom stereocenters. The van der Waals surface area contributed by atoms with E-state index in [-0.39, 0.29) is 30.3 Å². The van der Waals surface area contributed by atoms with E-state index in [1.165, 1.54) is 0 Å². The number of rotatable bonds is 5. The largest absolute Gasteiger partial charge is 0.369 e. The molecule has 1 aliphatic carbocycles. The Kier molecular flexibility index (Phi) is 6.45. The van der Waals surface area contributed by atoms with Gasteiger partial charge in [-0.15, -0.1) is 0 Å². The molecular formula is C20H28N4O3. The van der Waals surface area contributed by atoms with Crippen molar-refractivity contribution in [3.8, 4) is 0 Å². The van der Waals surface area contributed by atoms with Crippen molar-refractivity contribution >= 4 is 23.4 Å². The fourth-order valence-electron chi connectivity index (χ4n) is 3.73. The van der Waals surface area contributed by atoms with E-state index in [9.17, 15) is 14.4 Å². The van der Waals surface area contributed by atoms with Crippen molar-refractivity contribution in [3.05, 3.63) is 29.8 Å². The SMILES string of the molecule is CC(=O)c1ccc(N2CCN(CC(=O)NC(=O)NC3CCCC3)CC2)cc1. The van der Waals surface area contributed by atoms with Gasteiger partial charge >= 0.3 is 6.03 Å². The molecule has 3 amide bonds. The molecule has 146 valence electrons. The molecule has 0 radical (unpaired) electrons. The fourth-order valence-corrected chi connectivity index (χ4v) is 3.73. The summed E-state index contributed by atoms with van der Waals surface area (Å²) in [5, 5.41) is 5.30. The Balaban J connectivity index is 1.40. The average Bonchev–Trinajstić information content (AvgIpc) is 3.15. The normalized spacial score (nSPS) is 18.3. The van der Waals surface area contributed by atoms with Gasteiger partial charge in [-0.05, 0) is 44.0 Å². The molecule has 1 saturated carbocycles. The van der Waals surface area contributed by atoms with Crippen LogP contribution in [0.5, 0.6) is 0 Å². The van der Waals surface area contributed by atoms with Gasteiger partial charge in [0.25, 0.3) is 0 Å². The number of urea groups is 1. The van der Waals surface area contributed by atoms with Crippen molar-refractivity contribution in [2.24, 2.45) is 0 Å². The van der Waals surface area contributed by atoms with Gasteiger partial charge < -0.3 is 10.2 Å². The minimum absolute atomic E-state index is 0.0642. The number of hydrogen-bond acceptors (Lipinski definition) is 5. The zero-order valence-corrected chi connectivity index (χ0v) is 15.9. The Bertz CT molecular complexity index is 675. The highest BCUT2D eigenvalue weighted by Gasteiger charge is 2.22. The first-order chi connectivity index (χ1) is 13.0. The maximum Gasteiger partial charge on any atom is 0.321 e. The highest BCUT2D eigenvalue weighted by atomic mass is 16.2. The van der Waals surface area contributed by atoms with Crippen LogP contribution in [0.15, 0.2) is 24.3 Å². The number of piperazine rings is 1. The van der Waals surface area contributed by atoms with Crippen LogP contribution < -0.4 is 15.5 Å². The second-order valence-corrected chi connectivity index (χ2v) is 7.37. The molecule has 3 rings (SSSR count). The first-order valence-electron chi connectivity index (χ1n) is 9.70. The van der Waals surface area contributed by atoms with Crippen LogP contribution >= 0.6 is 0 Å². The molecule has 0 spiro atoms. The van der Waals surface area contributed by atoms with Gasteiger partial charge in [-0.1, -0.05) is 12.8 Å². The molecule has 1 aromatic carbocycles. The molecule has 1 saturated heterocycles. The summed E-state index contributed by atoms with van der Waals surface area (Å²) >= 11 is 0. The van der Waals surface area contributed by atoms with Gasteiger partial charge in [-0.2, -0.15) is 0 Å². The molecule has 7 nitrogen and oxygen atoms in total. The fraction of sp³-hybridized carbons (Fsp3) is 0.550. The molecule has 0 bridgehead atoms. The summed E-state index contributed by atoms with van der Waals surface area (Å²) in [6.07, 6.45) is 4.27. The van der Waals surface area contributed by atoms with Gasteiger partial charge in [-0.25, -0.2) is 4.79 Å². The molecule has 2 N–H and O–H groups in total. The molecular weight excluding hydrogens is 344 g/mol. The first kappa shape index (κ1) is 19.4. The molecule has 0 aromatic heterocycles. The van der Waals surface area contributed by atoms with Crippen molar-refractivity contribution in [1.82, 2.24) is 15.5 Å². The lowest BCUT2D eigenvalue weighted by molar-refractivity contribution is -0.121. The first-order valence-corrected chi connectivity index (χ1v) is 9.70. The maximum absolute atomic E-state index is 12.1. The van der Waals surface area contributed by atoms with E-state index in [4.69, 9.17) is 0 Å². The number of nitrogens with one attached hydrogen (secondary N) is 2. The van der Waals surface area contributed by atoms with E-state index in [0.29, 0.717) is 5.56 Å². The third-order valence-corrected chi connectivity index (χ3v) is 5.32. The summed E-state index contributed by atoms with van der Waals surface area (Å²) in [5.41, 5.74) is 1.80. The van der Waals surface area contributed by atoms with E-state index in [0.717, 1.165) is 57.5 Å². The molecule has 7 heteroatoms. The number of imide groups is 1. The number of nitrogens with zero attached hydrogens (tertiary/aromatic N) is 2. The van der Waals surface area contributed by atoms with E-state index in [1.807, 2.05) is 24.3 Å². The van der Waals surface area contributed by atoms with E-state index >= 15 is 0 Å². The third kappa shape index (κ3) is 5.53. The van der Waals surface area contributed by atoms with Crippen molar-refractivity contribution in [3.63, 3.8) is 0 Å². The van der Waals surface area contributed by atoms with Gasteiger partial charge in [0.2, 0.25) is 5.91 Å². The molecule has 2 aliphatic rings. The number of carbonyl (C=O) groups is 3. The van der Waals surface area contributed by atoms with Gasteiger partial charge in [0.15, 0.2) is 5.78 Å². The molecule has 1 aromatic rings. The number of ketones is 1. The highest BCUT2D eigenvalue weighted by Crippen LogP contribution is 2.18. The number of Topliss-reactive ketones (excluding diaryl/α,β-unsaturated/α-hetero) is 1. The number of anilines is 1. The van der Waals surface area contributed by atoms with Crippen LogP contribution in [0.25, 0.3) is 0 Å². The van der Waals surface area contributed by atoms with E-state index < -0.39 is 0 Å². The van der Waals surface area contributed by atoms with Gasteiger partial charge in [0, 0.05) is 43.5 Å². The zero-order chi connectivity index (χ0) is 19.2. The van der Waals surface area contributed by atoms with Crippen molar-refractivity contribution < 1.29 is 14.4 Å². The molecule has 1 aliphatic heterocycles. The Labute approximate surface area is 160 Å². The summed E-state index contributed by atoms with van der Waals surface area (Å²) in [6.45, 7) is 4.92. The Hall–Kier alpha value is -2.41. The summed E-state index contributed by atoms with van der Waals surface area (Å²) < 4.78 is 0. The number of hydrogen-bond donors (Lipinski definition) is 2. The lowest BCUT2D eigenvalue weighted by Gasteiger charge is -2.35. The van der Waals surface area contributed by atoms with Crippen LogP contribution in [0, 0.1) is 0 Å². The lowest BCUT2D eigenvalue weighted by atomic mass is 10.1. The quantitative estimate of drug-likeness (QED) is 0.770. The van der Waals surface area contributed by atoms with Crippen molar-refractivity contribution in [1.29, 1.82) is 0 Å². The van der Waals surface area contributed by atoms with Crippen LogP contribution in [0.3, 0.4) is 0 Å². The van der Waals surface area contributed by atoms with Crippen LogP contribution in [-0.2, 0) is 4.79 Å². The number of carbonyl (C=O) groups excluding carboxylic acids is 3. The predicted molar refractivity (Wildman–Crippen MR) is 104 cm³/mol. The average molecular weight is 372 g/mol. The molecule has 27 heavy (non-hydrogen) atoms. The summed E-state index contributed by atoms with van der Waals surface area (Å²) in [7, 11) is 0. The Morgan fingerprint density at radius 3 is 2.22 bits per heavy atom. The second kappa shape index (κ2) is 8.99. The zero-order valence-electron chi connectivity index (χ0n) is 15.9. The van der Waals surface area contributed by atoms with E-state index in [1.54, 1.807) is 6.92 Å². The van der Waals surface area contributed by atoms with Gasteiger partial charge in [0.05, 0.1) is 6.54 Å². The monoisotopic (exact) mass is 372 g/mol. The van der Waals surface area contributed by atoms with Gasteiger partial charge in [0.1, 0.15) is 0 Å². The molecule has 1 heterocycles. The smallest absolute Gasteiger partial charge is 0.321 e. The van der Waals surface area contributed by atoms with Gasteiger partial charge in [-0.3, -0.25) is 19.8 Å². The molecule has 0 unspecified atom stereocenters. The number of benzene rings is 1. The Morgan fingerprint density at radius 1 is 1.00 bits per heavy atom. The number of amides is 3.